The van der Waals surface area contributed by atoms with Gasteiger partial charge < -0.3 is 0 Å². The van der Waals surface area contributed by atoms with E-state index in [9.17, 15) is 4.79 Å². The molecule has 28 heavy (non-hydrogen) atoms. The minimum Gasteiger partial charge on any atom is -0.272 e. The molecule has 3 heteroatoms. The quantitative estimate of drug-likeness (QED) is 0.614. The van der Waals surface area contributed by atoms with Gasteiger partial charge in [-0.05, 0) is 49.4 Å². The Morgan fingerprint density at radius 3 is 2.54 bits per heavy atom. The molecule has 3 nitrogen and oxygen atoms in total. The third kappa shape index (κ3) is 2.70. The summed E-state index contributed by atoms with van der Waals surface area (Å²) in [4.78, 5) is 13.7. The van der Waals surface area contributed by atoms with Crippen molar-refractivity contribution in [1.29, 1.82) is 0 Å². The highest BCUT2D eigenvalue weighted by Gasteiger charge is 2.43. The van der Waals surface area contributed by atoms with Crippen molar-refractivity contribution in [3.05, 3.63) is 53.7 Å². The Kier molecular flexibility index (Phi) is 4.30. The van der Waals surface area contributed by atoms with Crippen LogP contribution in [0.4, 0.5) is 0 Å². The van der Waals surface area contributed by atoms with Crippen LogP contribution < -0.4 is 0 Å². The summed E-state index contributed by atoms with van der Waals surface area (Å²) in [5, 5.41) is 5.05. The van der Waals surface area contributed by atoms with Gasteiger partial charge in [0.05, 0.1) is 11.4 Å². The minimum absolute atomic E-state index is 0.0895. The number of rotatable bonds is 3. The summed E-state index contributed by atoms with van der Waals surface area (Å²) in [5.41, 5.74) is 4.69. The van der Waals surface area contributed by atoms with E-state index in [0.717, 1.165) is 24.1 Å². The Balaban J connectivity index is 1.67. The van der Waals surface area contributed by atoms with Gasteiger partial charge in [0.2, 0.25) is 0 Å². The average molecular weight is 375 g/mol. The molecule has 3 aliphatic rings. The zero-order chi connectivity index (χ0) is 19.4. The van der Waals surface area contributed by atoms with Gasteiger partial charge >= 0.3 is 0 Å². The molecule has 2 aromatic rings. The lowest BCUT2D eigenvalue weighted by atomic mass is 9.75. The van der Waals surface area contributed by atoms with E-state index in [-0.39, 0.29) is 11.8 Å². The number of aromatic nitrogens is 2. The van der Waals surface area contributed by atoms with Crippen molar-refractivity contribution < 1.29 is 4.79 Å². The Labute approximate surface area is 167 Å². The second kappa shape index (κ2) is 6.72. The minimum atomic E-state index is 0.0895. The van der Waals surface area contributed by atoms with E-state index in [2.05, 4.69) is 57.2 Å². The number of allylic oxidation sites excluding steroid dienone is 2. The summed E-state index contributed by atoms with van der Waals surface area (Å²) in [5.74, 6) is 2.72. The van der Waals surface area contributed by atoms with E-state index in [1.54, 1.807) is 0 Å². The van der Waals surface area contributed by atoms with Crippen LogP contribution in [0.5, 0.6) is 0 Å². The van der Waals surface area contributed by atoms with Gasteiger partial charge in [0.1, 0.15) is 0 Å². The van der Waals surface area contributed by atoms with Gasteiger partial charge in [-0.2, -0.15) is 9.78 Å². The SMILES string of the molecule is CC(C)[C@@H]1CC[C@@H](C)c2c1nn(C(=O)[C@@H]1C[C@@H]3C=C[C@H]1C3)c2-c1ccccc1. The van der Waals surface area contributed by atoms with E-state index >= 15 is 0 Å². The maximum Gasteiger partial charge on any atom is 0.251 e. The van der Waals surface area contributed by atoms with Gasteiger partial charge in [-0.25, -0.2) is 0 Å². The molecule has 1 aromatic carbocycles. The number of nitrogens with zero attached hydrogens (tertiary/aromatic N) is 2. The standard InChI is InChI=1S/C25H30N2O/c1-15(2)20-12-9-16(3)22-23(20)26-27(24(22)18-7-5-4-6-8-18)25(28)21-14-17-10-11-19(21)13-17/h4-8,10-11,15-17,19-21H,9,12-14H2,1-3H3/t16-,17-,19+,20+,21-/m1/s1. The smallest absolute Gasteiger partial charge is 0.251 e. The molecule has 0 aliphatic heterocycles. The van der Waals surface area contributed by atoms with Crippen molar-refractivity contribution in [2.24, 2.45) is 23.7 Å². The van der Waals surface area contributed by atoms with Crippen LogP contribution in [0.15, 0.2) is 42.5 Å². The van der Waals surface area contributed by atoms with Crippen LogP contribution in [0.2, 0.25) is 0 Å². The predicted molar refractivity (Wildman–Crippen MR) is 112 cm³/mol. The van der Waals surface area contributed by atoms with Crippen molar-refractivity contribution >= 4 is 5.91 Å². The molecule has 0 amide bonds. The van der Waals surface area contributed by atoms with E-state index in [1.165, 1.54) is 24.1 Å². The van der Waals surface area contributed by atoms with Gasteiger partial charge in [0, 0.05) is 23.0 Å². The van der Waals surface area contributed by atoms with Crippen molar-refractivity contribution in [2.75, 3.05) is 0 Å². The highest BCUT2D eigenvalue weighted by atomic mass is 16.2. The Bertz CT molecular complexity index is 924. The normalized spacial score (nSPS) is 30.8. The average Bonchev–Trinajstić information content (AvgIpc) is 3.42. The van der Waals surface area contributed by atoms with Crippen molar-refractivity contribution in [1.82, 2.24) is 9.78 Å². The van der Waals surface area contributed by atoms with E-state index in [1.807, 2.05) is 10.7 Å². The first-order valence-electron chi connectivity index (χ1n) is 10.9. The van der Waals surface area contributed by atoms with Crippen LogP contribution in [0.1, 0.15) is 74.3 Å². The van der Waals surface area contributed by atoms with Crippen LogP contribution in [-0.4, -0.2) is 15.7 Å². The number of carbonyl (C=O) groups excluding carboxylic acids is 1. The molecule has 1 fully saturated rings. The third-order valence-electron chi connectivity index (χ3n) is 7.36. The molecular weight excluding hydrogens is 344 g/mol. The van der Waals surface area contributed by atoms with Crippen LogP contribution >= 0.6 is 0 Å². The van der Waals surface area contributed by atoms with E-state index < -0.39 is 0 Å². The fourth-order valence-electron chi connectivity index (χ4n) is 5.82. The molecule has 1 heterocycles. The first kappa shape index (κ1) is 17.9. The topological polar surface area (TPSA) is 34.9 Å². The summed E-state index contributed by atoms with van der Waals surface area (Å²) < 4.78 is 1.82. The van der Waals surface area contributed by atoms with Gasteiger partial charge in [0.25, 0.3) is 5.91 Å². The largest absolute Gasteiger partial charge is 0.272 e. The van der Waals surface area contributed by atoms with Gasteiger partial charge in [-0.3, -0.25) is 4.79 Å². The van der Waals surface area contributed by atoms with E-state index in [4.69, 9.17) is 5.10 Å². The summed E-state index contributed by atoms with van der Waals surface area (Å²) >= 11 is 0. The van der Waals surface area contributed by atoms with Crippen LogP contribution in [-0.2, 0) is 0 Å². The van der Waals surface area contributed by atoms with Gasteiger partial charge in [-0.15, -0.1) is 0 Å². The number of benzene rings is 1. The molecule has 5 rings (SSSR count). The Morgan fingerprint density at radius 2 is 1.89 bits per heavy atom. The molecule has 146 valence electrons. The van der Waals surface area contributed by atoms with Gasteiger partial charge in [0.15, 0.2) is 0 Å². The van der Waals surface area contributed by atoms with Crippen molar-refractivity contribution in [3.63, 3.8) is 0 Å². The fraction of sp³-hybridized carbons (Fsp3) is 0.520. The van der Waals surface area contributed by atoms with Crippen LogP contribution in [0, 0.1) is 23.7 Å². The summed E-state index contributed by atoms with van der Waals surface area (Å²) in [6.45, 7) is 6.88. The molecule has 0 spiro atoms. The van der Waals surface area contributed by atoms with Crippen LogP contribution in [0.3, 0.4) is 0 Å². The Morgan fingerprint density at radius 1 is 1.11 bits per heavy atom. The molecular formula is C25H30N2O. The van der Waals surface area contributed by atoms with Gasteiger partial charge in [-0.1, -0.05) is 63.3 Å². The molecule has 1 saturated carbocycles. The second-order valence-electron chi connectivity index (χ2n) is 9.48. The molecule has 2 bridgehead atoms. The molecule has 0 saturated heterocycles. The molecule has 1 aromatic heterocycles. The first-order valence-corrected chi connectivity index (χ1v) is 10.9. The Hall–Kier alpha value is -2.16. The molecule has 5 atom stereocenters. The highest BCUT2D eigenvalue weighted by Crippen LogP contribution is 2.48. The maximum absolute atomic E-state index is 13.7. The number of hydrogen-bond acceptors (Lipinski definition) is 2. The fourth-order valence-corrected chi connectivity index (χ4v) is 5.82. The van der Waals surface area contributed by atoms with Crippen molar-refractivity contribution in [3.8, 4) is 11.3 Å². The highest BCUT2D eigenvalue weighted by molar-refractivity contribution is 5.87. The molecule has 0 radical (unpaired) electrons. The lowest BCUT2D eigenvalue weighted by molar-refractivity contribution is 0.0798. The third-order valence-corrected chi connectivity index (χ3v) is 7.36. The zero-order valence-electron chi connectivity index (χ0n) is 17.1. The lowest BCUT2D eigenvalue weighted by Crippen LogP contribution is -2.27. The summed E-state index contributed by atoms with van der Waals surface area (Å²) in [6.07, 6.45) is 9.04. The molecule has 0 unspecified atom stereocenters. The second-order valence-corrected chi connectivity index (χ2v) is 9.48. The maximum atomic E-state index is 13.7. The predicted octanol–water partition coefficient (Wildman–Crippen LogP) is 6.04. The van der Waals surface area contributed by atoms with E-state index in [0.29, 0.717) is 29.6 Å². The monoisotopic (exact) mass is 374 g/mol. The summed E-state index contributed by atoms with van der Waals surface area (Å²) in [6, 6.07) is 10.4. The summed E-state index contributed by atoms with van der Waals surface area (Å²) in [7, 11) is 0. The number of carbonyl (C=O) groups is 1. The molecule has 0 N–H and O–H groups in total. The zero-order valence-corrected chi connectivity index (χ0v) is 17.1. The molecule has 3 aliphatic carbocycles. The van der Waals surface area contributed by atoms with Crippen molar-refractivity contribution in [2.45, 2.75) is 58.3 Å². The van der Waals surface area contributed by atoms with Crippen LogP contribution in [0.25, 0.3) is 11.3 Å². The first-order chi connectivity index (χ1) is 13.5. The number of hydrogen-bond donors (Lipinski definition) is 0. The lowest BCUT2D eigenvalue weighted by Gasteiger charge is -2.28. The number of fused-ring (bicyclic) bond motifs is 3.